The molecule has 86 valence electrons. The fourth-order valence-electron chi connectivity index (χ4n) is 2.18. The summed E-state index contributed by atoms with van der Waals surface area (Å²) < 4.78 is 4.94. The SMILES string of the molecule is Cc1ccc2[nH]c(C)c(-c3cc(N)on3)c2c1. The third-order valence-corrected chi connectivity index (χ3v) is 2.93. The number of nitrogens with two attached hydrogens (primary N) is 1. The van der Waals surface area contributed by atoms with Crippen LogP contribution in [0.4, 0.5) is 5.88 Å². The van der Waals surface area contributed by atoms with Crippen molar-refractivity contribution in [1.82, 2.24) is 10.1 Å². The first kappa shape index (κ1) is 9.96. The van der Waals surface area contributed by atoms with Crippen LogP contribution >= 0.6 is 0 Å². The normalized spacial score (nSPS) is 11.2. The molecule has 0 unspecified atom stereocenters. The molecule has 0 saturated carbocycles. The maximum atomic E-state index is 5.57. The second-order valence-corrected chi connectivity index (χ2v) is 4.29. The van der Waals surface area contributed by atoms with Gasteiger partial charge < -0.3 is 15.2 Å². The van der Waals surface area contributed by atoms with Crippen LogP contribution in [0, 0.1) is 13.8 Å². The van der Waals surface area contributed by atoms with E-state index in [0.29, 0.717) is 5.88 Å². The minimum Gasteiger partial charge on any atom is -0.368 e. The summed E-state index contributed by atoms with van der Waals surface area (Å²) in [6, 6.07) is 8.04. The highest BCUT2D eigenvalue weighted by Crippen LogP contribution is 2.32. The van der Waals surface area contributed by atoms with Crippen LogP contribution in [-0.4, -0.2) is 10.1 Å². The number of nitrogens with zero attached hydrogens (tertiary/aromatic N) is 1. The molecule has 3 aromatic rings. The Labute approximate surface area is 98.4 Å². The summed E-state index contributed by atoms with van der Waals surface area (Å²) >= 11 is 0. The van der Waals surface area contributed by atoms with Gasteiger partial charge in [-0.15, -0.1) is 0 Å². The molecule has 0 aliphatic rings. The summed E-state index contributed by atoms with van der Waals surface area (Å²) in [4.78, 5) is 3.34. The van der Waals surface area contributed by atoms with Crippen LogP contribution in [0.1, 0.15) is 11.3 Å². The lowest BCUT2D eigenvalue weighted by molar-refractivity contribution is 0.439. The molecule has 2 aromatic heterocycles. The van der Waals surface area contributed by atoms with Gasteiger partial charge in [-0.1, -0.05) is 16.8 Å². The molecule has 0 saturated heterocycles. The Hall–Kier alpha value is -2.23. The van der Waals surface area contributed by atoms with E-state index < -0.39 is 0 Å². The molecule has 0 atom stereocenters. The number of benzene rings is 1. The first-order chi connectivity index (χ1) is 8.15. The molecule has 0 amide bonds. The highest BCUT2D eigenvalue weighted by Gasteiger charge is 2.14. The lowest BCUT2D eigenvalue weighted by Gasteiger charge is -1.96. The third kappa shape index (κ3) is 1.49. The molecule has 3 rings (SSSR count). The summed E-state index contributed by atoms with van der Waals surface area (Å²) in [7, 11) is 0. The van der Waals surface area contributed by atoms with Gasteiger partial charge in [0.2, 0.25) is 5.88 Å². The van der Waals surface area contributed by atoms with E-state index >= 15 is 0 Å². The van der Waals surface area contributed by atoms with Gasteiger partial charge >= 0.3 is 0 Å². The molecule has 1 aromatic carbocycles. The van der Waals surface area contributed by atoms with Crippen molar-refractivity contribution in [3.05, 3.63) is 35.5 Å². The number of hydrogen-bond acceptors (Lipinski definition) is 3. The maximum Gasteiger partial charge on any atom is 0.222 e. The molecule has 2 heterocycles. The number of nitrogen functional groups attached to an aromatic ring is 1. The highest BCUT2D eigenvalue weighted by molar-refractivity contribution is 5.97. The Bertz CT molecular complexity index is 694. The van der Waals surface area contributed by atoms with Crippen LogP contribution in [0.2, 0.25) is 0 Å². The number of nitrogens with one attached hydrogen (secondary N) is 1. The molecule has 0 spiro atoms. The van der Waals surface area contributed by atoms with E-state index in [1.807, 2.05) is 6.92 Å². The molecule has 17 heavy (non-hydrogen) atoms. The molecule has 0 radical (unpaired) electrons. The van der Waals surface area contributed by atoms with Crippen molar-refractivity contribution in [2.75, 3.05) is 5.73 Å². The van der Waals surface area contributed by atoms with Crippen LogP contribution in [-0.2, 0) is 0 Å². The lowest BCUT2D eigenvalue weighted by Crippen LogP contribution is -1.79. The van der Waals surface area contributed by atoms with Gasteiger partial charge in [0.05, 0.1) is 0 Å². The van der Waals surface area contributed by atoms with E-state index in [0.717, 1.165) is 27.9 Å². The van der Waals surface area contributed by atoms with Gasteiger partial charge in [-0.05, 0) is 26.0 Å². The number of aromatic amines is 1. The average Bonchev–Trinajstić information content (AvgIpc) is 2.81. The van der Waals surface area contributed by atoms with Crippen LogP contribution in [0.25, 0.3) is 22.2 Å². The summed E-state index contributed by atoms with van der Waals surface area (Å²) in [5.74, 6) is 0.335. The van der Waals surface area contributed by atoms with Gasteiger partial charge in [0.15, 0.2) is 0 Å². The average molecular weight is 227 g/mol. The topological polar surface area (TPSA) is 67.8 Å². The van der Waals surface area contributed by atoms with Crippen molar-refractivity contribution in [2.24, 2.45) is 0 Å². The van der Waals surface area contributed by atoms with Crippen molar-refractivity contribution < 1.29 is 4.52 Å². The van der Waals surface area contributed by atoms with E-state index in [-0.39, 0.29) is 0 Å². The van der Waals surface area contributed by atoms with Gasteiger partial charge in [0.25, 0.3) is 0 Å². The van der Waals surface area contributed by atoms with Gasteiger partial charge in [-0.2, -0.15) is 0 Å². The standard InChI is InChI=1S/C13H13N3O/c1-7-3-4-10-9(5-7)13(8(2)15-10)11-6-12(14)17-16-11/h3-6,15H,14H2,1-2H3. The van der Waals surface area contributed by atoms with E-state index in [9.17, 15) is 0 Å². The van der Waals surface area contributed by atoms with E-state index in [4.69, 9.17) is 10.3 Å². The number of fused-ring (bicyclic) bond motifs is 1. The molecular formula is C13H13N3O. The van der Waals surface area contributed by atoms with Crippen LogP contribution in [0.3, 0.4) is 0 Å². The number of aromatic nitrogens is 2. The smallest absolute Gasteiger partial charge is 0.222 e. The zero-order valence-corrected chi connectivity index (χ0v) is 9.74. The number of aryl methyl sites for hydroxylation is 2. The Balaban J connectivity index is 2.34. The number of H-pyrrole nitrogens is 1. The van der Waals surface area contributed by atoms with Gasteiger partial charge in [0.1, 0.15) is 5.69 Å². The summed E-state index contributed by atoms with van der Waals surface area (Å²) in [6.07, 6.45) is 0. The highest BCUT2D eigenvalue weighted by atomic mass is 16.5. The van der Waals surface area contributed by atoms with Gasteiger partial charge in [-0.3, -0.25) is 0 Å². The fraction of sp³-hybridized carbons (Fsp3) is 0.154. The molecule has 0 fully saturated rings. The minimum atomic E-state index is 0.335. The Morgan fingerprint density at radius 2 is 2.06 bits per heavy atom. The first-order valence-corrected chi connectivity index (χ1v) is 5.46. The van der Waals surface area contributed by atoms with E-state index in [1.54, 1.807) is 6.07 Å². The second kappa shape index (κ2) is 3.38. The van der Waals surface area contributed by atoms with Crippen molar-refractivity contribution in [2.45, 2.75) is 13.8 Å². The zero-order chi connectivity index (χ0) is 12.0. The molecule has 4 nitrogen and oxygen atoms in total. The second-order valence-electron chi connectivity index (χ2n) is 4.29. The molecular weight excluding hydrogens is 214 g/mol. The molecule has 0 aliphatic heterocycles. The fourth-order valence-corrected chi connectivity index (χ4v) is 2.18. The van der Waals surface area contributed by atoms with Crippen molar-refractivity contribution in [1.29, 1.82) is 0 Å². The third-order valence-electron chi connectivity index (χ3n) is 2.93. The Kier molecular flexibility index (Phi) is 1.98. The number of anilines is 1. The minimum absolute atomic E-state index is 0.335. The summed E-state index contributed by atoms with van der Waals surface area (Å²) in [5, 5.41) is 5.13. The summed E-state index contributed by atoms with van der Waals surface area (Å²) in [5.41, 5.74) is 10.8. The van der Waals surface area contributed by atoms with Crippen LogP contribution in [0.15, 0.2) is 28.8 Å². The summed E-state index contributed by atoms with van der Waals surface area (Å²) in [6.45, 7) is 4.10. The predicted molar refractivity (Wildman–Crippen MR) is 67.7 cm³/mol. The molecule has 4 heteroatoms. The quantitative estimate of drug-likeness (QED) is 0.671. The monoisotopic (exact) mass is 227 g/mol. The molecule has 3 N–H and O–H groups in total. The largest absolute Gasteiger partial charge is 0.368 e. The lowest BCUT2D eigenvalue weighted by atomic mass is 10.1. The van der Waals surface area contributed by atoms with Crippen LogP contribution in [0.5, 0.6) is 0 Å². The molecule has 0 bridgehead atoms. The van der Waals surface area contributed by atoms with Crippen molar-refractivity contribution in [3.63, 3.8) is 0 Å². The van der Waals surface area contributed by atoms with E-state index in [1.165, 1.54) is 5.56 Å². The van der Waals surface area contributed by atoms with Gasteiger partial charge in [-0.25, -0.2) is 0 Å². The Morgan fingerprint density at radius 3 is 2.76 bits per heavy atom. The van der Waals surface area contributed by atoms with Crippen LogP contribution < -0.4 is 5.73 Å². The van der Waals surface area contributed by atoms with Crippen molar-refractivity contribution >= 4 is 16.8 Å². The maximum absolute atomic E-state index is 5.57. The number of rotatable bonds is 1. The zero-order valence-electron chi connectivity index (χ0n) is 9.74. The number of hydrogen-bond donors (Lipinski definition) is 2. The first-order valence-electron chi connectivity index (χ1n) is 5.46. The molecule has 0 aliphatic carbocycles. The van der Waals surface area contributed by atoms with Crippen molar-refractivity contribution in [3.8, 4) is 11.3 Å². The predicted octanol–water partition coefficient (Wildman–Crippen LogP) is 3.02. The Morgan fingerprint density at radius 1 is 1.24 bits per heavy atom. The van der Waals surface area contributed by atoms with Gasteiger partial charge in [0, 0.05) is 28.2 Å². The van der Waals surface area contributed by atoms with E-state index in [2.05, 4.69) is 35.3 Å².